The number of methoxy groups -OCH3 is 1. The molecule has 0 saturated heterocycles. The van der Waals surface area contributed by atoms with Gasteiger partial charge in [-0.1, -0.05) is 0 Å². The van der Waals surface area contributed by atoms with Gasteiger partial charge in [0.05, 0.1) is 20.3 Å². The van der Waals surface area contributed by atoms with Crippen LogP contribution < -0.4 is 0 Å². The first-order valence-electron chi connectivity index (χ1n) is 6.49. The van der Waals surface area contributed by atoms with Crippen LogP contribution in [-0.2, 0) is 28.6 Å². The molecule has 0 N–H and O–H groups in total. The Balaban J connectivity index is 3.22. The van der Waals surface area contributed by atoms with Gasteiger partial charge in [-0.3, -0.25) is 4.79 Å². The molecule has 20 heavy (non-hydrogen) atoms. The smallest absolute Gasteiger partial charge is 0.353 e. The second-order valence-electron chi connectivity index (χ2n) is 4.26. The third kappa shape index (κ3) is 3.15. The van der Waals surface area contributed by atoms with Gasteiger partial charge in [-0.05, 0) is 26.7 Å². The third-order valence-corrected chi connectivity index (χ3v) is 2.80. The predicted octanol–water partition coefficient (Wildman–Crippen LogP) is 0.505. The van der Waals surface area contributed by atoms with E-state index >= 15 is 0 Å². The van der Waals surface area contributed by atoms with Gasteiger partial charge in [0.15, 0.2) is 12.2 Å². The largest absolute Gasteiger partial charge is 0.487 e. The van der Waals surface area contributed by atoms with Crippen LogP contribution in [0.5, 0.6) is 0 Å². The van der Waals surface area contributed by atoms with Crippen molar-refractivity contribution in [2.75, 3.05) is 20.3 Å². The van der Waals surface area contributed by atoms with E-state index in [1.54, 1.807) is 13.8 Å². The van der Waals surface area contributed by atoms with Crippen molar-refractivity contribution in [1.82, 2.24) is 0 Å². The minimum atomic E-state index is -2.30. The van der Waals surface area contributed by atoms with Crippen molar-refractivity contribution < 1.29 is 28.6 Å². The molecule has 0 aromatic rings. The molecule has 7 heteroatoms. The predicted molar refractivity (Wildman–Crippen MR) is 69.2 cm³/mol. The molecule has 1 aliphatic rings. The maximum absolute atomic E-state index is 12.4. The first-order valence-corrected chi connectivity index (χ1v) is 6.49. The first kappa shape index (κ1) is 16.1. The molecule has 0 heterocycles. The number of aliphatic imine (C=N–C) groups is 1. The van der Waals surface area contributed by atoms with Gasteiger partial charge in [0.2, 0.25) is 0 Å². The summed E-state index contributed by atoms with van der Waals surface area (Å²) >= 11 is 0. The Labute approximate surface area is 117 Å². The number of hydrogen-bond donors (Lipinski definition) is 0. The molecule has 0 unspecified atom stereocenters. The van der Waals surface area contributed by atoms with Crippen LogP contribution in [0.25, 0.3) is 0 Å². The van der Waals surface area contributed by atoms with E-state index in [0.29, 0.717) is 12.8 Å². The lowest BCUT2D eigenvalue weighted by molar-refractivity contribution is -0.166. The van der Waals surface area contributed by atoms with Crippen LogP contribution >= 0.6 is 0 Å². The zero-order valence-electron chi connectivity index (χ0n) is 11.9. The summed E-state index contributed by atoms with van der Waals surface area (Å²) in [6.07, 6.45) is 2.14. The lowest BCUT2D eigenvalue weighted by atomic mass is 9.91. The number of carbonyl (C=O) groups is 3. The minimum absolute atomic E-state index is 0.0282. The van der Waals surface area contributed by atoms with Crippen molar-refractivity contribution >= 4 is 24.1 Å². The molecule has 1 fully saturated rings. The molecule has 7 nitrogen and oxygen atoms in total. The summed E-state index contributed by atoms with van der Waals surface area (Å²) in [6.45, 7) is 3.21. The maximum Gasteiger partial charge on any atom is 0.353 e. The van der Waals surface area contributed by atoms with E-state index in [4.69, 9.17) is 9.47 Å². The third-order valence-electron chi connectivity index (χ3n) is 2.80. The van der Waals surface area contributed by atoms with Gasteiger partial charge in [-0.15, -0.1) is 0 Å². The highest BCUT2D eigenvalue weighted by atomic mass is 16.6. The number of nitrogens with zero attached hydrogens (tertiary/aromatic N) is 1. The molecule has 0 atom stereocenters. The lowest BCUT2D eigenvalue weighted by Gasteiger charge is -2.23. The van der Waals surface area contributed by atoms with Crippen LogP contribution in [0.15, 0.2) is 4.99 Å². The molecular weight excluding hydrogens is 266 g/mol. The summed E-state index contributed by atoms with van der Waals surface area (Å²) in [5, 5.41) is 0. The highest BCUT2D eigenvalue weighted by Gasteiger charge is 2.59. The zero-order valence-corrected chi connectivity index (χ0v) is 11.9. The molecule has 0 spiro atoms. The molecule has 0 radical (unpaired) electrons. The monoisotopic (exact) mass is 285 g/mol. The van der Waals surface area contributed by atoms with Crippen molar-refractivity contribution in [3.63, 3.8) is 0 Å². The van der Waals surface area contributed by atoms with Crippen LogP contribution in [0, 0.1) is 5.92 Å². The van der Waals surface area contributed by atoms with E-state index in [9.17, 15) is 14.4 Å². The first-order chi connectivity index (χ1) is 9.54. The quantitative estimate of drug-likeness (QED) is 0.279. The summed E-state index contributed by atoms with van der Waals surface area (Å²) in [5.74, 6) is -3.01. The Morgan fingerprint density at radius 3 is 2.00 bits per heavy atom. The van der Waals surface area contributed by atoms with Crippen molar-refractivity contribution in [1.29, 1.82) is 0 Å². The van der Waals surface area contributed by atoms with Gasteiger partial charge in [0.1, 0.15) is 0 Å². The van der Waals surface area contributed by atoms with Crippen molar-refractivity contribution in [3.05, 3.63) is 0 Å². The maximum atomic E-state index is 12.4. The Bertz CT molecular complexity index is 395. The Kier molecular flexibility index (Phi) is 5.66. The fourth-order valence-corrected chi connectivity index (χ4v) is 1.70. The van der Waals surface area contributed by atoms with Crippen LogP contribution in [0.2, 0.25) is 0 Å². The Morgan fingerprint density at radius 1 is 1.15 bits per heavy atom. The average molecular weight is 285 g/mol. The topological polar surface area (TPSA) is 91.3 Å². The van der Waals surface area contributed by atoms with Gasteiger partial charge >= 0.3 is 17.5 Å². The molecule has 0 aromatic carbocycles. The molecule has 0 aliphatic heterocycles. The number of rotatable bonds is 8. The SMILES string of the molecule is CCOC(=O)C(/N=C\OC)(C(=O)OCC)C(=O)C1CC1. The van der Waals surface area contributed by atoms with Gasteiger partial charge in [0.25, 0.3) is 0 Å². The van der Waals surface area contributed by atoms with Gasteiger partial charge in [-0.2, -0.15) is 0 Å². The van der Waals surface area contributed by atoms with Crippen molar-refractivity contribution in [2.45, 2.75) is 32.2 Å². The molecule has 0 aromatic heterocycles. The van der Waals surface area contributed by atoms with Gasteiger partial charge < -0.3 is 14.2 Å². The Morgan fingerprint density at radius 2 is 1.65 bits per heavy atom. The second-order valence-corrected chi connectivity index (χ2v) is 4.26. The van der Waals surface area contributed by atoms with Crippen LogP contribution in [0.4, 0.5) is 0 Å². The van der Waals surface area contributed by atoms with Crippen LogP contribution in [-0.4, -0.2) is 50.0 Å². The summed E-state index contributed by atoms with van der Waals surface area (Å²) < 4.78 is 14.3. The zero-order chi connectivity index (χ0) is 15.2. The van der Waals surface area contributed by atoms with E-state index < -0.39 is 23.3 Å². The van der Waals surface area contributed by atoms with E-state index in [1.807, 2.05) is 0 Å². The fraction of sp³-hybridized carbons (Fsp3) is 0.692. The van der Waals surface area contributed by atoms with E-state index in [-0.39, 0.29) is 19.1 Å². The van der Waals surface area contributed by atoms with E-state index in [2.05, 4.69) is 9.73 Å². The lowest BCUT2D eigenvalue weighted by Crippen LogP contribution is -2.54. The highest BCUT2D eigenvalue weighted by Crippen LogP contribution is 2.36. The summed E-state index contributed by atoms with van der Waals surface area (Å²) in [5.41, 5.74) is -2.30. The van der Waals surface area contributed by atoms with Crippen LogP contribution in [0.1, 0.15) is 26.7 Å². The van der Waals surface area contributed by atoms with E-state index in [0.717, 1.165) is 6.40 Å². The standard InChI is InChI=1S/C13H19NO6/c1-4-19-11(16)13(14-8-18-3,12(17)20-5-2)10(15)9-6-7-9/h8-9H,4-7H2,1-3H3/b14-8-. The number of ketones is 1. The molecule has 0 bridgehead atoms. The van der Waals surface area contributed by atoms with Crippen molar-refractivity contribution in [3.8, 4) is 0 Å². The minimum Gasteiger partial charge on any atom is -0.487 e. The molecule has 0 amide bonds. The number of carbonyl (C=O) groups excluding carboxylic acids is 3. The molecular formula is C13H19NO6. The molecule has 1 saturated carbocycles. The number of Topliss-reactive ketones (excluding diaryl/α,β-unsaturated/α-hetero) is 1. The number of esters is 2. The highest BCUT2D eigenvalue weighted by molar-refractivity contribution is 6.27. The summed E-state index contributed by atoms with van der Waals surface area (Å²) in [4.78, 5) is 40.4. The second kappa shape index (κ2) is 7.02. The molecule has 1 aliphatic carbocycles. The Hall–Kier alpha value is -1.92. The van der Waals surface area contributed by atoms with Gasteiger partial charge in [0, 0.05) is 5.92 Å². The fourth-order valence-electron chi connectivity index (χ4n) is 1.70. The normalized spacial score (nSPS) is 14.9. The average Bonchev–Trinajstić information content (AvgIpc) is 3.24. The summed E-state index contributed by atoms with van der Waals surface area (Å²) in [6, 6.07) is 0. The molecule has 1 rings (SSSR count). The number of hydrogen-bond acceptors (Lipinski definition) is 7. The van der Waals surface area contributed by atoms with Crippen LogP contribution in [0.3, 0.4) is 0 Å². The summed E-state index contributed by atoms with van der Waals surface area (Å²) in [7, 11) is 1.30. The molecule has 112 valence electrons. The van der Waals surface area contributed by atoms with Gasteiger partial charge in [-0.25, -0.2) is 14.6 Å². The van der Waals surface area contributed by atoms with Crippen molar-refractivity contribution in [2.24, 2.45) is 10.9 Å². The van der Waals surface area contributed by atoms with E-state index in [1.165, 1.54) is 7.11 Å². The number of ether oxygens (including phenoxy) is 3.